The second kappa shape index (κ2) is 9.43. The van der Waals surface area contributed by atoms with Gasteiger partial charge in [-0.05, 0) is 50.1 Å². The van der Waals surface area contributed by atoms with Gasteiger partial charge in [0.05, 0.1) is 40.3 Å². The maximum absolute atomic E-state index is 14.1. The van der Waals surface area contributed by atoms with E-state index in [-0.39, 0.29) is 30.3 Å². The molecular formula is C28H29Cl2N3O5. The van der Waals surface area contributed by atoms with E-state index in [1.54, 1.807) is 37.3 Å². The smallest absolute Gasteiger partial charge is 0.246 e. The summed E-state index contributed by atoms with van der Waals surface area (Å²) in [6.07, 6.45) is 10.2. The summed E-state index contributed by atoms with van der Waals surface area (Å²) in [5.41, 5.74) is -1.87. The lowest BCUT2D eigenvalue weighted by Crippen LogP contribution is -2.56. The fourth-order valence-corrected chi connectivity index (χ4v) is 6.99. The Hall–Kier alpha value is -2.81. The average molecular weight is 558 g/mol. The molecule has 2 aromatic rings. The molecule has 0 unspecified atom stereocenters. The maximum atomic E-state index is 14.1. The van der Waals surface area contributed by atoms with Crippen LogP contribution in [0.3, 0.4) is 0 Å². The third-order valence-electron chi connectivity index (χ3n) is 8.37. The number of amides is 3. The molecule has 8 nitrogen and oxygen atoms in total. The van der Waals surface area contributed by atoms with Gasteiger partial charge >= 0.3 is 0 Å². The molecule has 1 spiro atoms. The van der Waals surface area contributed by atoms with Gasteiger partial charge in [-0.2, -0.15) is 0 Å². The highest BCUT2D eigenvalue weighted by Crippen LogP contribution is 2.60. The van der Waals surface area contributed by atoms with E-state index in [1.807, 2.05) is 12.2 Å². The first-order valence-electron chi connectivity index (χ1n) is 13.0. The number of likely N-dealkylation sites (tertiary alicyclic amines) is 1. The molecule has 1 aliphatic carbocycles. The van der Waals surface area contributed by atoms with E-state index in [1.165, 1.54) is 11.2 Å². The SMILES string of the molecule is C[C@]12C=C[C@]3(O1)[C@@H](C(=O)N(Cc1ccco1)[C@@H]3C(=O)NC1CCCCC1)[C@H]2C(=O)Nc1ccc(Cl)c(Cl)c1. The highest BCUT2D eigenvalue weighted by Gasteiger charge is 2.76. The van der Waals surface area contributed by atoms with E-state index < -0.39 is 29.1 Å². The van der Waals surface area contributed by atoms with Crippen LogP contribution in [0.4, 0.5) is 5.69 Å². The summed E-state index contributed by atoms with van der Waals surface area (Å²) >= 11 is 12.2. The van der Waals surface area contributed by atoms with Crippen molar-refractivity contribution in [1.29, 1.82) is 0 Å². The molecule has 10 heteroatoms. The number of fused-ring (bicyclic) bond motifs is 1. The topological polar surface area (TPSA) is 101 Å². The van der Waals surface area contributed by atoms with Crippen molar-refractivity contribution < 1.29 is 23.5 Å². The van der Waals surface area contributed by atoms with Crippen LogP contribution in [0.2, 0.25) is 10.0 Å². The highest BCUT2D eigenvalue weighted by molar-refractivity contribution is 6.42. The zero-order chi connectivity index (χ0) is 26.7. The lowest BCUT2D eigenvalue weighted by Gasteiger charge is -2.34. The molecule has 3 aliphatic heterocycles. The van der Waals surface area contributed by atoms with Crippen LogP contribution in [0.1, 0.15) is 44.8 Å². The van der Waals surface area contributed by atoms with Crippen molar-refractivity contribution in [2.75, 3.05) is 5.32 Å². The molecule has 2 saturated heterocycles. The summed E-state index contributed by atoms with van der Waals surface area (Å²) in [6, 6.07) is 7.42. The van der Waals surface area contributed by atoms with Crippen molar-refractivity contribution in [3.8, 4) is 0 Å². The van der Waals surface area contributed by atoms with E-state index in [4.69, 9.17) is 32.4 Å². The van der Waals surface area contributed by atoms with Crippen LogP contribution >= 0.6 is 23.2 Å². The molecule has 6 rings (SSSR count). The third-order valence-corrected chi connectivity index (χ3v) is 9.11. The molecule has 2 bridgehead atoms. The molecule has 1 aromatic heterocycles. The summed E-state index contributed by atoms with van der Waals surface area (Å²) in [4.78, 5) is 43.2. The Kier molecular flexibility index (Phi) is 6.32. The number of carbonyl (C=O) groups is 3. The van der Waals surface area contributed by atoms with Gasteiger partial charge in [0.1, 0.15) is 17.4 Å². The van der Waals surface area contributed by atoms with Gasteiger partial charge < -0.3 is 24.7 Å². The number of nitrogens with zero attached hydrogens (tertiary/aromatic N) is 1. The number of hydrogen-bond acceptors (Lipinski definition) is 5. The normalized spacial score (nSPS) is 32.0. The lowest BCUT2D eigenvalue weighted by atomic mass is 9.70. The summed E-state index contributed by atoms with van der Waals surface area (Å²) in [6.45, 7) is 1.89. The summed E-state index contributed by atoms with van der Waals surface area (Å²) in [5.74, 6) is -2.15. The Morgan fingerprint density at radius 2 is 1.87 bits per heavy atom. The number of ether oxygens (including phenoxy) is 1. The Labute approximate surface area is 230 Å². The monoisotopic (exact) mass is 557 g/mol. The van der Waals surface area contributed by atoms with Gasteiger partial charge in [-0.3, -0.25) is 14.4 Å². The van der Waals surface area contributed by atoms with Crippen LogP contribution in [0.15, 0.2) is 53.2 Å². The van der Waals surface area contributed by atoms with Crippen LogP contribution < -0.4 is 10.6 Å². The van der Waals surface area contributed by atoms with Gasteiger partial charge in [0.15, 0.2) is 0 Å². The molecular weight excluding hydrogens is 529 g/mol. The number of carbonyl (C=O) groups excluding carboxylic acids is 3. The predicted octanol–water partition coefficient (Wildman–Crippen LogP) is 4.71. The number of rotatable bonds is 6. The minimum atomic E-state index is -1.27. The number of benzene rings is 1. The number of anilines is 1. The van der Waals surface area contributed by atoms with Gasteiger partial charge in [-0.25, -0.2) is 0 Å². The molecule has 5 atom stereocenters. The van der Waals surface area contributed by atoms with Crippen LogP contribution in [0.25, 0.3) is 0 Å². The van der Waals surface area contributed by atoms with Crippen molar-refractivity contribution in [1.82, 2.24) is 10.2 Å². The Bertz CT molecular complexity index is 1310. The molecule has 3 amide bonds. The number of hydrogen-bond donors (Lipinski definition) is 2. The summed E-state index contributed by atoms with van der Waals surface area (Å²) in [5, 5.41) is 6.73. The zero-order valence-electron chi connectivity index (χ0n) is 20.9. The molecule has 3 fully saturated rings. The largest absolute Gasteiger partial charge is 0.467 e. The van der Waals surface area contributed by atoms with Crippen molar-refractivity contribution >= 4 is 46.6 Å². The minimum absolute atomic E-state index is 0.0548. The second-order valence-electron chi connectivity index (χ2n) is 10.8. The second-order valence-corrected chi connectivity index (χ2v) is 11.7. The Morgan fingerprint density at radius 3 is 2.58 bits per heavy atom. The first-order chi connectivity index (χ1) is 18.2. The van der Waals surface area contributed by atoms with Gasteiger partial charge in [-0.15, -0.1) is 0 Å². The zero-order valence-corrected chi connectivity index (χ0v) is 22.4. The number of nitrogens with one attached hydrogen (secondary N) is 2. The standard InChI is InChI=1S/C28H29Cl2N3O5/c1-27-11-12-28(38-27)22(21(27)24(34)32-17-9-10-19(29)20(30)14-17)26(36)33(15-18-8-5-13-37-18)23(28)25(35)31-16-6-3-2-4-7-16/h5,8-14,16,21-23H,2-4,6-7,15H2,1H3,(H,31,35)(H,32,34)/t21-,22+,23+,27+,28-/m0/s1. The maximum Gasteiger partial charge on any atom is 0.246 e. The molecule has 4 aliphatic rings. The fourth-order valence-electron chi connectivity index (χ4n) is 6.69. The molecule has 0 radical (unpaired) electrons. The van der Waals surface area contributed by atoms with E-state index in [0.717, 1.165) is 32.1 Å². The average Bonchev–Trinajstić information content (AvgIpc) is 3.62. The Morgan fingerprint density at radius 1 is 1.08 bits per heavy atom. The first kappa shape index (κ1) is 25.5. The molecule has 4 heterocycles. The van der Waals surface area contributed by atoms with E-state index in [2.05, 4.69) is 10.6 Å². The third kappa shape index (κ3) is 4.05. The van der Waals surface area contributed by atoms with E-state index in [9.17, 15) is 14.4 Å². The lowest BCUT2D eigenvalue weighted by molar-refractivity contribution is -0.145. The molecule has 1 saturated carbocycles. The van der Waals surface area contributed by atoms with Crippen LogP contribution in [0, 0.1) is 11.8 Å². The van der Waals surface area contributed by atoms with Crippen molar-refractivity contribution in [3.05, 3.63) is 64.6 Å². The first-order valence-corrected chi connectivity index (χ1v) is 13.8. The van der Waals surface area contributed by atoms with Gasteiger partial charge in [0.2, 0.25) is 17.7 Å². The number of furan rings is 1. The highest BCUT2D eigenvalue weighted by atomic mass is 35.5. The quantitative estimate of drug-likeness (QED) is 0.500. The Balaban J connectivity index is 1.34. The molecule has 38 heavy (non-hydrogen) atoms. The van der Waals surface area contributed by atoms with Crippen LogP contribution in [-0.2, 0) is 25.7 Å². The fraction of sp³-hybridized carbons (Fsp3) is 0.464. The van der Waals surface area contributed by atoms with Crippen molar-refractivity contribution in [2.24, 2.45) is 11.8 Å². The van der Waals surface area contributed by atoms with Crippen LogP contribution in [0.5, 0.6) is 0 Å². The predicted molar refractivity (Wildman–Crippen MR) is 141 cm³/mol. The van der Waals surface area contributed by atoms with Gasteiger partial charge in [-0.1, -0.05) is 54.6 Å². The minimum Gasteiger partial charge on any atom is -0.467 e. The number of halogens is 2. The van der Waals surface area contributed by atoms with E-state index in [0.29, 0.717) is 21.5 Å². The van der Waals surface area contributed by atoms with E-state index >= 15 is 0 Å². The summed E-state index contributed by atoms with van der Waals surface area (Å²) in [7, 11) is 0. The molecule has 2 N–H and O–H groups in total. The molecule has 1 aromatic carbocycles. The van der Waals surface area contributed by atoms with Gasteiger partial charge in [0.25, 0.3) is 0 Å². The van der Waals surface area contributed by atoms with Crippen molar-refractivity contribution in [3.63, 3.8) is 0 Å². The molecule has 200 valence electrons. The van der Waals surface area contributed by atoms with Crippen molar-refractivity contribution in [2.45, 2.75) is 68.9 Å². The summed E-state index contributed by atoms with van der Waals surface area (Å²) < 4.78 is 12.1. The van der Waals surface area contributed by atoms with Crippen LogP contribution in [-0.4, -0.2) is 45.9 Å². The van der Waals surface area contributed by atoms with Gasteiger partial charge in [0, 0.05) is 11.7 Å².